The van der Waals surface area contributed by atoms with Gasteiger partial charge in [-0.1, -0.05) is 26.2 Å². The minimum atomic E-state index is -0.355. The van der Waals surface area contributed by atoms with Crippen LogP contribution < -0.4 is 0 Å². The van der Waals surface area contributed by atoms with Gasteiger partial charge in [0.05, 0.1) is 0 Å². The summed E-state index contributed by atoms with van der Waals surface area (Å²) in [5.74, 6) is 0.230. The van der Waals surface area contributed by atoms with Crippen molar-refractivity contribution in [2.75, 3.05) is 0 Å². The summed E-state index contributed by atoms with van der Waals surface area (Å²) in [5, 5.41) is 0. The van der Waals surface area contributed by atoms with E-state index in [0.29, 0.717) is 6.32 Å². The lowest BCUT2D eigenvalue weighted by molar-refractivity contribution is 0.696. The van der Waals surface area contributed by atoms with Crippen molar-refractivity contribution in [1.82, 2.24) is 0 Å². The molecule has 0 aromatic heterocycles. The molecule has 0 aliphatic rings. The normalized spacial score (nSPS) is 12.8. The zero-order chi connectivity index (χ0) is 9.56. The highest BCUT2D eigenvalue weighted by atomic mass is 35.5. The molecule has 0 heterocycles. The van der Waals surface area contributed by atoms with Gasteiger partial charge in [0, 0.05) is 0 Å². The quantitative estimate of drug-likeness (QED) is 0.607. The van der Waals surface area contributed by atoms with Crippen molar-refractivity contribution in [2.45, 2.75) is 38.3 Å². The lowest BCUT2D eigenvalue weighted by atomic mass is 9.71. The van der Waals surface area contributed by atoms with Crippen LogP contribution in [0.15, 0.2) is 0 Å². The second kappa shape index (κ2) is 7.67. The molecule has 0 aliphatic heterocycles. The SMILES string of the molecule is CCCCC(CB(Cl)Cl)B(Cl)Cl. The summed E-state index contributed by atoms with van der Waals surface area (Å²) in [6.07, 6.45) is 3.96. The van der Waals surface area contributed by atoms with Crippen molar-refractivity contribution >= 4 is 56.9 Å². The fourth-order valence-corrected chi connectivity index (χ4v) is 1.96. The van der Waals surface area contributed by atoms with Gasteiger partial charge in [0.15, 0.2) is 0 Å². The molecular weight excluding hydrogens is 236 g/mol. The molecule has 0 saturated carbocycles. The van der Waals surface area contributed by atoms with Crippen LogP contribution in [0.3, 0.4) is 0 Å². The molecular formula is C6H12B2Cl4. The molecule has 0 rings (SSSR count). The maximum atomic E-state index is 5.77. The third kappa shape index (κ3) is 6.77. The fraction of sp³-hybridized carbons (Fsp3) is 1.00. The Bertz CT molecular complexity index is 110. The van der Waals surface area contributed by atoms with E-state index in [2.05, 4.69) is 6.92 Å². The summed E-state index contributed by atoms with van der Waals surface area (Å²) in [6, 6.07) is 0. The molecule has 70 valence electrons. The molecule has 0 radical (unpaired) electrons. The standard InChI is InChI=1S/C6H12B2Cl4/c1-2-3-4-6(8(11)12)5-7(9)10/h6H,2-5H2,1H3. The molecule has 0 nitrogen and oxygen atoms in total. The van der Waals surface area contributed by atoms with Gasteiger partial charge in [0.25, 0.3) is 0 Å². The number of halogens is 4. The van der Waals surface area contributed by atoms with E-state index in [1.54, 1.807) is 0 Å². The predicted molar refractivity (Wildman–Crippen MR) is 63.0 cm³/mol. The van der Waals surface area contributed by atoms with Gasteiger partial charge < -0.3 is 0 Å². The number of hydrogen-bond acceptors (Lipinski definition) is 0. The highest BCUT2D eigenvalue weighted by Gasteiger charge is 2.24. The first-order chi connectivity index (χ1) is 5.57. The van der Waals surface area contributed by atoms with Gasteiger partial charge >= 0.3 is 11.1 Å². The summed E-state index contributed by atoms with van der Waals surface area (Å²) in [6.45, 7) is 2.13. The third-order valence-electron chi connectivity index (χ3n) is 1.77. The Morgan fingerprint density at radius 3 is 2.08 bits per heavy atom. The van der Waals surface area contributed by atoms with Crippen LogP contribution in [0.5, 0.6) is 0 Å². The molecule has 12 heavy (non-hydrogen) atoms. The molecule has 0 aromatic carbocycles. The molecule has 0 N–H and O–H groups in total. The van der Waals surface area contributed by atoms with Gasteiger partial charge in [0.1, 0.15) is 0 Å². The van der Waals surface area contributed by atoms with Crippen molar-refractivity contribution in [3.8, 4) is 0 Å². The summed E-state index contributed by atoms with van der Waals surface area (Å²) in [7, 11) is 0. The van der Waals surface area contributed by atoms with Crippen LogP contribution in [0.4, 0.5) is 0 Å². The van der Waals surface area contributed by atoms with Crippen molar-refractivity contribution < 1.29 is 0 Å². The average molecular weight is 248 g/mol. The molecule has 1 atom stereocenters. The zero-order valence-corrected chi connectivity index (χ0v) is 10.1. The van der Waals surface area contributed by atoms with E-state index in [0.717, 1.165) is 19.3 Å². The first-order valence-corrected chi connectivity index (χ1v) is 5.88. The van der Waals surface area contributed by atoms with Gasteiger partial charge in [-0.3, -0.25) is 0 Å². The van der Waals surface area contributed by atoms with Gasteiger partial charge in [-0.2, -0.15) is 45.8 Å². The number of rotatable bonds is 6. The van der Waals surface area contributed by atoms with Crippen LogP contribution >= 0.6 is 45.8 Å². The molecule has 1 unspecified atom stereocenters. The van der Waals surface area contributed by atoms with Gasteiger partial charge in [-0.15, -0.1) is 0 Å². The third-order valence-corrected chi connectivity index (χ3v) is 2.83. The lowest BCUT2D eigenvalue weighted by Gasteiger charge is -2.14. The second-order valence-corrected chi connectivity index (χ2v) is 5.30. The molecule has 0 bridgehead atoms. The molecule has 0 aromatic rings. The smallest absolute Gasteiger partial charge is 0.172 e. The lowest BCUT2D eigenvalue weighted by Crippen LogP contribution is -2.11. The molecule has 6 heteroatoms. The van der Waals surface area contributed by atoms with E-state index < -0.39 is 0 Å². The second-order valence-electron chi connectivity index (χ2n) is 2.86. The van der Waals surface area contributed by atoms with E-state index >= 15 is 0 Å². The van der Waals surface area contributed by atoms with Crippen LogP contribution in [0.2, 0.25) is 12.1 Å². The zero-order valence-electron chi connectivity index (χ0n) is 7.07. The van der Waals surface area contributed by atoms with Crippen LogP contribution in [0.25, 0.3) is 0 Å². The van der Waals surface area contributed by atoms with Crippen LogP contribution in [0, 0.1) is 0 Å². The highest BCUT2D eigenvalue weighted by Crippen LogP contribution is 2.30. The maximum Gasteiger partial charge on any atom is 0.354 e. The first-order valence-electron chi connectivity index (χ1n) is 4.14. The Morgan fingerprint density at radius 1 is 1.17 bits per heavy atom. The minimum absolute atomic E-state index is 0.230. The van der Waals surface area contributed by atoms with E-state index in [9.17, 15) is 0 Å². The molecule has 0 aliphatic carbocycles. The van der Waals surface area contributed by atoms with Crippen molar-refractivity contribution in [3.05, 3.63) is 0 Å². The van der Waals surface area contributed by atoms with Crippen LogP contribution in [-0.2, 0) is 0 Å². The minimum Gasteiger partial charge on any atom is -0.172 e. The maximum absolute atomic E-state index is 5.77. The Kier molecular flexibility index (Phi) is 8.50. The highest BCUT2D eigenvalue weighted by molar-refractivity contribution is 7.37. The van der Waals surface area contributed by atoms with Gasteiger partial charge in [0.2, 0.25) is 0 Å². The van der Waals surface area contributed by atoms with E-state index in [1.165, 1.54) is 0 Å². The summed E-state index contributed by atoms with van der Waals surface area (Å²) in [4.78, 5) is 0. The summed E-state index contributed by atoms with van der Waals surface area (Å²) < 4.78 is 0. The van der Waals surface area contributed by atoms with Crippen LogP contribution in [0.1, 0.15) is 26.2 Å². The van der Waals surface area contributed by atoms with Gasteiger partial charge in [-0.25, -0.2) is 0 Å². The van der Waals surface area contributed by atoms with E-state index in [4.69, 9.17) is 45.8 Å². The van der Waals surface area contributed by atoms with Crippen molar-refractivity contribution in [2.24, 2.45) is 0 Å². The predicted octanol–water partition coefficient (Wildman–Crippen LogP) is 4.48. The topological polar surface area (TPSA) is 0 Å². The summed E-state index contributed by atoms with van der Waals surface area (Å²) in [5.41, 5.74) is -0.705. The van der Waals surface area contributed by atoms with Gasteiger partial charge in [-0.05, 0) is 12.1 Å². The van der Waals surface area contributed by atoms with Crippen LogP contribution in [-0.4, -0.2) is 11.1 Å². The Hall–Kier alpha value is 1.29. The number of unbranched alkanes of at least 4 members (excludes halogenated alkanes) is 1. The Balaban J connectivity index is 3.70. The van der Waals surface area contributed by atoms with Crippen molar-refractivity contribution in [3.63, 3.8) is 0 Å². The monoisotopic (exact) mass is 246 g/mol. The number of hydrogen-bond donors (Lipinski definition) is 0. The Labute approximate surface area is 95.1 Å². The molecule has 0 saturated heterocycles. The van der Waals surface area contributed by atoms with E-state index in [1.807, 2.05) is 0 Å². The molecule has 0 fully saturated rings. The van der Waals surface area contributed by atoms with E-state index in [-0.39, 0.29) is 16.9 Å². The largest absolute Gasteiger partial charge is 0.354 e. The first kappa shape index (κ1) is 13.3. The molecule has 0 amide bonds. The summed E-state index contributed by atoms with van der Waals surface area (Å²) >= 11 is 22.8. The molecule has 0 spiro atoms. The van der Waals surface area contributed by atoms with Crippen molar-refractivity contribution in [1.29, 1.82) is 0 Å². The fourth-order valence-electron chi connectivity index (χ4n) is 1.04. The Morgan fingerprint density at radius 2 is 1.75 bits per heavy atom. The average Bonchev–Trinajstić information content (AvgIpc) is 1.96.